The van der Waals surface area contributed by atoms with Crippen LogP contribution in [0.4, 0.5) is 0 Å². The summed E-state index contributed by atoms with van der Waals surface area (Å²) in [6.07, 6.45) is 3.84. The number of aromatic amines is 2. The molecule has 0 unspecified atom stereocenters. The van der Waals surface area contributed by atoms with Gasteiger partial charge in [0.25, 0.3) is 0 Å². The number of hydrogen-bond acceptors (Lipinski definition) is 3. The molecule has 60 valence electrons. The summed E-state index contributed by atoms with van der Waals surface area (Å²) < 4.78 is 0. The zero-order valence-electron chi connectivity index (χ0n) is 6.11. The second-order valence-electron chi connectivity index (χ2n) is 2.29. The van der Waals surface area contributed by atoms with Gasteiger partial charge in [-0.25, -0.2) is 0 Å². The first-order chi connectivity index (χ1) is 5.92. The van der Waals surface area contributed by atoms with Crippen molar-refractivity contribution in [3.63, 3.8) is 0 Å². The number of aromatic nitrogens is 4. The Morgan fingerprint density at radius 1 is 1.33 bits per heavy atom. The van der Waals surface area contributed by atoms with E-state index in [0.717, 1.165) is 12.0 Å². The minimum absolute atomic E-state index is 0.527. The van der Waals surface area contributed by atoms with Crippen LogP contribution in [-0.4, -0.2) is 26.7 Å². The van der Waals surface area contributed by atoms with Crippen molar-refractivity contribution in [3.8, 4) is 11.4 Å². The Hall–Kier alpha value is -1.91. The van der Waals surface area contributed by atoms with Gasteiger partial charge in [-0.3, -0.25) is 15.0 Å². The molecule has 2 N–H and O–H groups in total. The molecule has 0 aromatic carbocycles. The minimum Gasteiger partial charge on any atom is -0.298 e. The lowest BCUT2D eigenvalue weighted by molar-refractivity contribution is 0.112. The highest BCUT2D eigenvalue weighted by molar-refractivity contribution is 5.84. The van der Waals surface area contributed by atoms with Crippen LogP contribution in [0.25, 0.3) is 11.4 Å². The molecule has 2 aromatic rings. The zero-order valence-corrected chi connectivity index (χ0v) is 6.11. The lowest BCUT2D eigenvalue weighted by Gasteiger charge is -1.90. The predicted octanol–water partition coefficient (Wildman–Crippen LogP) is 0.612. The molecule has 2 aromatic heterocycles. The Morgan fingerprint density at radius 3 is 2.92 bits per heavy atom. The standard InChI is InChI=1S/C7H6N4O/c12-4-5-3-9-11-7(5)6-1-2-8-10-6/h1-4H,(H,8,10)(H,9,11). The van der Waals surface area contributed by atoms with Crippen molar-refractivity contribution in [1.29, 1.82) is 0 Å². The molecular weight excluding hydrogens is 156 g/mol. The molecule has 5 nitrogen and oxygen atoms in total. The van der Waals surface area contributed by atoms with E-state index in [1.165, 1.54) is 6.20 Å². The maximum Gasteiger partial charge on any atom is 0.153 e. The Labute approximate surface area is 67.8 Å². The number of carbonyl (C=O) groups excluding carboxylic acids is 1. The Balaban J connectivity index is 2.53. The number of aldehydes is 1. The summed E-state index contributed by atoms with van der Waals surface area (Å²) in [5, 5.41) is 13.0. The van der Waals surface area contributed by atoms with Crippen molar-refractivity contribution in [2.24, 2.45) is 0 Å². The first kappa shape index (κ1) is 6.78. The molecule has 12 heavy (non-hydrogen) atoms. The summed E-state index contributed by atoms with van der Waals surface area (Å²) in [7, 11) is 0. The molecule has 0 aliphatic rings. The number of hydrogen-bond donors (Lipinski definition) is 2. The highest BCUT2D eigenvalue weighted by Gasteiger charge is 2.06. The molecule has 0 atom stereocenters. The highest BCUT2D eigenvalue weighted by Crippen LogP contribution is 2.15. The second-order valence-corrected chi connectivity index (χ2v) is 2.29. The van der Waals surface area contributed by atoms with Gasteiger partial charge in [-0.05, 0) is 6.07 Å². The van der Waals surface area contributed by atoms with Crippen LogP contribution in [0.15, 0.2) is 18.5 Å². The van der Waals surface area contributed by atoms with Gasteiger partial charge in [0, 0.05) is 6.20 Å². The minimum atomic E-state index is 0.527. The molecule has 0 aliphatic carbocycles. The van der Waals surface area contributed by atoms with Crippen LogP contribution in [0.1, 0.15) is 10.4 Å². The number of rotatable bonds is 2. The third kappa shape index (κ3) is 0.914. The predicted molar refractivity (Wildman–Crippen MR) is 41.6 cm³/mol. The third-order valence-electron chi connectivity index (χ3n) is 1.57. The van der Waals surface area contributed by atoms with E-state index in [1.54, 1.807) is 12.3 Å². The third-order valence-corrected chi connectivity index (χ3v) is 1.57. The van der Waals surface area contributed by atoms with Gasteiger partial charge < -0.3 is 0 Å². The van der Waals surface area contributed by atoms with Gasteiger partial charge in [-0.15, -0.1) is 0 Å². The average molecular weight is 162 g/mol. The summed E-state index contributed by atoms with van der Waals surface area (Å²) >= 11 is 0. The van der Waals surface area contributed by atoms with E-state index >= 15 is 0 Å². The van der Waals surface area contributed by atoms with Crippen LogP contribution in [0.3, 0.4) is 0 Å². The van der Waals surface area contributed by atoms with E-state index in [1.807, 2.05) is 0 Å². The van der Waals surface area contributed by atoms with Crippen molar-refractivity contribution < 1.29 is 4.79 Å². The monoisotopic (exact) mass is 162 g/mol. The van der Waals surface area contributed by atoms with Crippen LogP contribution in [0.2, 0.25) is 0 Å². The molecule has 0 aliphatic heterocycles. The number of nitrogens with one attached hydrogen (secondary N) is 2. The maximum absolute atomic E-state index is 10.5. The van der Waals surface area contributed by atoms with Crippen LogP contribution < -0.4 is 0 Å². The fraction of sp³-hybridized carbons (Fsp3) is 0. The van der Waals surface area contributed by atoms with Crippen molar-refractivity contribution in [3.05, 3.63) is 24.0 Å². The van der Waals surface area contributed by atoms with Crippen molar-refractivity contribution >= 4 is 6.29 Å². The molecule has 0 saturated heterocycles. The van der Waals surface area contributed by atoms with E-state index in [0.29, 0.717) is 11.3 Å². The Morgan fingerprint density at radius 2 is 2.25 bits per heavy atom. The summed E-state index contributed by atoms with van der Waals surface area (Å²) in [5.74, 6) is 0. The molecule has 5 heteroatoms. The molecule has 0 spiro atoms. The first-order valence-electron chi connectivity index (χ1n) is 3.40. The summed E-state index contributed by atoms with van der Waals surface area (Å²) in [6.45, 7) is 0. The van der Waals surface area contributed by atoms with E-state index < -0.39 is 0 Å². The van der Waals surface area contributed by atoms with E-state index in [-0.39, 0.29) is 0 Å². The molecule has 0 radical (unpaired) electrons. The smallest absolute Gasteiger partial charge is 0.153 e. The quantitative estimate of drug-likeness (QED) is 0.635. The summed E-state index contributed by atoms with van der Waals surface area (Å²) in [6, 6.07) is 1.76. The van der Waals surface area contributed by atoms with Crippen LogP contribution >= 0.6 is 0 Å². The maximum atomic E-state index is 10.5. The fourth-order valence-electron chi connectivity index (χ4n) is 0.996. The van der Waals surface area contributed by atoms with E-state index in [2.05, 4.69) is 20.4 Å². The normalized spacial score (nSPS) is 10.0. The fourth-order valence-corrected chi connectivity index (χ4v) is 0.996. The molecule has 0 fully saturated rings. The van der Waals surface area contributed by atoms with Gasteiger partial charge in [0.15, 0.2) is 6.29 Å². The lowest BCUT2D eigenvalue weighted by atomic mass is 10.2. The molecule has 0 amide bonds. The van der Waals surface area contributed by atoms with Gasteiger partial charge in [0.2, 0.25) is 0 Å². The van der Waals surface area contributed by atoms with Crippen LogP contribution in [0.5, 0.6) is 0 Å². The number of H-pyrrole nitrogens is 2. The van der Waals surface area contributed by atoms with Crippen LogP contribution in [-0.2, 0) is 0 Å². The average Bonchev–Trinajstić information content (AvgIpc) is 2.74. The summed E-state index contributed by atoms with van der Waals surface area (Å²) in [5.41, 5.74) is 1.95. The summed E-state index contributed by atoms with van der Waals surface area (Å²) in [4.78, 5) is 10.5. The van der Waals surface area contributed by atoms with Crippen molar-refractivity contribution in [2.75, 3.05) is 0 Å². The molecule has 2 heterocycles. The topological polar surface area (TPSA) is 74.4 Å². The lowest BCUT2D eigenvalue weighted by Crippen LogP contribution is -1.83. The molecule has 2 rings (SSSR count). The number of nitrogens with zero attached hydrogens (tertiary/aromatic N) is 2. The second kappa shape index (κ2) is 2.61. The van der Waals surface area contributed by atoms with Gasteiger partial charge in [-0.2, -0.15) is 10.2 Å². The van der Waals surface area contributed by atoms with E-state index in [9.17, 15) is 4.79 Å². The molecule has 0 saturated carbocycles. The largest absolute Gasteiger partial charge is 0.298 e. The van der Waals surface area contributed by atoms with Crippen molar-refractivity contribution in [2.45, 2.75) is 0 Å². The zero-order chi connectivity index (χ0) is 8.39. The molecule has 0 bridgehead atoms. The Bertz CT molecular complexity index is 376. The first-order valence-corrected chi connectivity index (χ1v) is 3.40. The number of carbonyl (C=O) groups is 1. The van der Waals surface area contributed by atoms with Crippen molar-refractivity contribution in [1.82, 2.24) is 20.4 Å². The van der Waals surface area contributed by atoms with Gasteiger partial charge in [0.1, 0.15) is 0 Å². The van der Waals surface area contributed by atoms with Gasteiger partial charge >= 0.3 is 0 Å². The van der Waals surface area contributed by atoms with Gasteiger partial charge in [-0.1, -0.05) is 0 Å². The van der Waals surface area contributed by atoms with Gasteiger partial charge in [0.05, 0.1) is 23.1 Å². The van der Waals surface area contributed by atoms with Crippen LogP contribution in [0, 0.1) is 0 Å². The highest BCUT2D eigenvalue weighted by atomic mass is 16.1. The Kier molecular flexibility index (Phi) is 1.48. The van der Waals surface area contributed by atoms with E-state index in [4.69, 9.17) is 0 Å². The SMILES string of the molecule is O=Cc1cn[nH]c1-c1ccn[nH]1. The molecular formula is C7H6N4O.